The fourth-order valence-electron chi connectivity index (χ4n) is 1.91. The van der Waals surface area contributed by atoms with E-state index in [4.69, 9.17) is 0 Å². The number of Topliss-reactive ketones (excluding diaryl/α,β-unsaturated/α-hetero) is 1. The van der Waals surface area contributed by atoms with Crippen LogP contribution in [0.5, 0.6) is 0 Å². The van der Waals surface area contributed by atoms with E-state index in [1.54, 1.807) is 0 Å². The van der Waals surface area contributed by atoms with Gasteiger partial charge in [-0.3, -0.25) is 14.2 Å². The minimum absolute atomic E-state index is 0.00440. The molecule has 0 aliphatic rings. The van der Waals surface area contributed by atoms with Crippen LogP contribution in [0.2, 0.25) is 0 Å². The fourth-order valence-corrected chi connectivity index (χ4v) is 2.26. The van der Waals surface area contributed by atoms with Gasteiger partial charge in [0, 0.05) is 30.2 Å². The smallest absolute Gasteiger partial charge is 0.268 e. The Labute approximate surface area is 119 Å². The van der Waals surface area contributed by atoms with Crippen LogP contribution in [0.15, 0.2) is 27.9 Å². The van der Waals surface area contributed by atoms with Crippen LogP contribution in [0.4, 0.5) is 0 Å². The first kappa shape index (κ1) is 13.7. The normalized spacial score (nSPS) is 10.7. The molecule has 0 saturated heterocycles. The molecule has 0 unspecified atom stereocenters. The van der Waals surface area contributed by atoms with Gasteiger partial charge in [0.25, 0.3) is 5.56 Å². The zero-order valence-corrected chi connectivity index (χ0v) is 12.6. The van der Waals surface area contributed by atoms with Gasteiger partial charge in [0.1, 0.15) is 4.47 Å². The van der Waals surface area contributed by atoms with E-state index in [9.17, 15) is 9.59 Å². The lowest BCUT2D eigenvalue weighted by Crippen LogP contribution is -2.25. The van der Waals surface area contributed by atoms with Crippen LogP contribution < -0.4 is 5.56 Å². The maximum Gasteiger partial charge on any atom is 0.268 e. The molecule has 100 valence electrons. The Kier molecular flexibility index (Phi) is 3.71. The summed E-state index contributed by atoms with van der Waals surface area (Å²) >= 11 is 3.11. The molecular weight excluding hydrogens is 310 g/mol. The van der Waals surface area contributed by atoms with Gasteiger partial charge in [0.15, 0.2) is 5.78 Å². The molecule has 0 bridgehead atoms. The molecule has 0 radical (unpaired) electrons. The SMILES string of the molecule is Cc1cc(C(=O)Cn2cncc(Br)c2=O)c(C)n1C. The number of ketones is 1. The molecule has 0 aliphatic heterocycles. The van der Waals surface area contributed by atoms with E-state index < -0.39 is 0 Å². The molecule has 0 saturated carbocycles. The molecule has 19 heavy (non-hydrogen) atoms. The first-order valence-electron chi connectivity index (χ1n) is 5.78. The molecule has 0 amide bonds. The highest BCUT2D eigenvalue weighted by Gasteiger charge is 2.15. The van der Waals surface area contributed by atoms with Crippen LogP contribution in [-0.2, 0) is 13.6 Å². The summed E-state index contributed by atoms with van der Waals surface area (Å²) in [7, 11) is 1.91. The van der Waals surface area contributed by atoms with Gasteiger partial charge >= 0.3 is 0 Å². The van der Waals surface area contributed by atoms with Crippen molar-refractivity contribution in [2.45, 2.75) is 20.4 Å². The van der Waals surface area contributed by atoms with E-state index in [2.05, 4.69) is 20.9 Å². The Balaban J connectivity index is 2.34. The monoisotopic (exact) mass is 323 g/mol. The third kappa shape index (κ3) is 2.53. The summed E-state index contributed by atoms with van der Waals surface area (Å²) in [6.07, 6.45) is 2.79. The second-order valence-electron chi connectivity index (χ2n) is 4.44. The molecule has 2 aromatic rings. The molecule has 2 heterocycles. The first-order chi connectivity index (χ1) is 8.91. The number of aromatic nitrogens is 3. The number of aryl methyl sites for hydroxylation is 1. The average molecular weight is 324 g/mol. The Morgan fingerprint density at radius 1 is 1.42 bits per heavy atom. The van der Waals surface area contributed by atoms with Gasteiger partial charge in [-0.05, 0) is 35.8 Å². The molecule has 0 atom stereocenters. The minimum Gasteiger partial charge on any atom is -0.351 e. The number of nitrogens with zero attached hydrogens (tertiary/aromatic N) is 3. The molecule has 0 spiro atoms. The predicted octanol–water partition coefficient (Wildman–Crippen LogP) is 1.84. The molecule has 0 aliphatic carbocycles. The van der Waals surface area contributed by atoms with Crippen molar-refractivity contribution < 1.29 is 4.79 Å². The minimum atomic E-state index is -0.256. The highest BCUT2D eigenvalue weighted by Crippen LogP contribution is 2.14. The Hall–Kier alpha value is -1.69. The van der Waals surface area contributed by atoms with Gasteiger partial charge in [-0.2, -0.15) is 0 Å². The van der Waals surface area contributed by atoms with Crippen LogP contribution in [0.25, 0.3) is 0 Å². The molecule has 6 heteroatoms. The maximum atomic E-state index is 12.2. The van der Waals surface area contributed by atoms with Crippen LogP contribution in [-0.4, -0.2) is 19.9 Å². The third-order valence-corrected chi connectivity index (χ3v) is 3.79. The average Bonchev–Trinajstić information content (AvgIpc) is 2.63. The standard InChI is InChI=1S/C13H14BrN3O2/c1-8-4-10(9(2)16(8)3)12(18)6-17-7-15-5-11(14)13(17)19/h4-5,7H,6H2,1-3H3. The summed E-state index contributed by atoms with van der Waals surface area (Å²) in [5.41, 5.74) is 2.31. The van der Waals surface area contributed by atoms with Crippen LogP contribution in [0, 0.1) is 13.8 Å². The number of carbonyl (C=O) groups is 1. The van der Waals surface area contributed by atoms with E-state index in [-0.39, 0.29) is 17.9 Å². The van der Waals surface area contributed by atoms with Gasteiger partial charge in [0.2, 0.25) is 0 Å². The summed E-state index contributed by atoms with van der Waals surface area (Å²) in [6, 6.07) is 1.84. The van der Waals surface area contributed by atoms with Gasteiger partial charge in [0.05, 0.1) is 12.9 Å². The lowest BCUT2D eigenvalue weighted by Gasteiger charge is -2.05. The van der Waals surface area contributed by atoms with Crippen LogP contribution in [0.1, 0.15) is 21.7 Å². The Morgan fingerprint density at radius 3 is 2.68 bits per heavy atom. The number of rotatable bonds is 3. The topological polar surface area (TPSA) is 56.9 Å². The van der Waals surface area contributed by atoms with Crippen molar-refractivity contribution in [2.24, 2.45) is 7.05 Å². The van der Waals surface area contributed by atoms with Crippen molar-refractivity contribution in [2.75, 3.05) is 0 Å². The van der Waals surface area contributed by atoms with Crippen molar-refractivity contribution in [1.82, 2.24) is 14.1 Å². The van der Waals surface area contributed by atoms with Gasteiger partial charge in [-0.25, -0.2) is 4.98 Å². The Morgan fingerprint density at radius 2 is 2.11 bits per heavy atom. The lowest BCUT2D eigenvalue weighted by atomic mass is 10.1. The second kappa shape index (κ2) is 5.13. The first-order valence-corrected chi connectivity index (χ1v) is 6.57. The molecule has 0 fully saturated rings. The molecule has 0 aromatic carbocycles. The van der Waals surface area contributed by atoms with Crippen molar-refractivity contribution in [1.29, 1.82) is 0 Å². The predicted molar refractivity (Wildman–Crippen MR) is 75.4 cm³/mol. The van der Waals surface area contributed by atoms with Crippen molar-refractivity contribution in [3.05, 3.63) is 50.4 Å². The molecule has 5 nitrogen and oxygen atoms in total. The number of carbonyl (C=O) groups excluding carboxylic acids is 1. The van der Waals surface area contributed by atoms with E-state index >= 15 is 0 Å². The van der Waals surface area contributed by atoms with Crippen molar-refractivity contribution >= 4 is 21.7 Å². The number of hydrogen-bond donors (Lipinski definition) is 0. The number of hydrogen-bond acceptors (Lipinski definition) is 3. The molecular formula is C13H14BrN3O2. The fraction of sp³-hybridized carbons (Fsp3) is 0.308. The second-order valence-corrected chi connectivity index (χ2v) is 5.30. The molecule has 2 rings (SSSR count). The zero-order valence-electron chi connectivity index (χ0n) is 11.0. The third-order valence-electron chi connectivity index (χ3n) is 3.25. The van der Waals surface area contributed by atoms with Crippen LogP contribution >= 0.6 is 15.9 Å². The highest BCUT2D eigenvalue weighted by molar-refractivity contribution is 9.10. The zero-order chi connectivity index (χ0) is 14.2. The van der Waals surface area contributed by atoms with Crippen LogP contribution in [0.3, 0.4) is 0 Å². The molecule has 2 aromatic heterocycles. The summed E-state index contributed by atoms with van der Waals surface area (Å²) in [4.78, 5) is 28.0. The Bertz CT molecular complexity index is 700. The van der Waals surface area contributed by atoms with Crippen molar-refractivity contribution in [3.8, 4) is 0 Å². The summed E-state index contributed by atoms with van der Waals surface area (Å²) in [5.74, 6) is -0.0943. The highest BCUT2D eigenvalue weighted by atomic mass is 79.9. The lowest BCUT2D eigenvalue weighted by molar-refractivity contribution is 0.0969. The maximum absolute atomic E-state index is 12.2. The quantitative estimate of drug-likeness (QED) is 0.810. The summed E-state index contributed by atoms with van der Waals surface area (Å²) in [6.45, 7) is 3.83. The van der Waals surface area contributed by atoms with Gasteiger partial charge < -0.3 is 4.57 Å². The van der Waals surface area contributed by atoms with Gasteiger partial charge in [-0.1, -0.05) is 0 Å². The summed E-state index contributed by atoms with van der Waals surface area (Å²) < 4.78 is 3.60. The van der Waals surface area contributed by atoms with Crippen molar-refractivity contribution in [3.63, 3.8) is 0 Å². The van der Waals surface area contributed by atoms with E-state index in [0.29, 0.717) is 10.0 Å². The van der Waals surface area contributed by atoms with Gasteiger partial charge in [-0.15, -0.1) is 0 Å². The molecule has 0 N–H and O–H groups in total. The van der Waals surface area contributed by atoms with E-state index in [1.807, 2.05) is 31.5 Å². The van der Waals surface area contributed by atoms with E-state index in [1.165, 1.54) is 17.1 Å². The van der Waals surface area contributed by atoms with E-state index in [0.717, 1.165) is 11.4 Å². The summed E-state index contributed by atoms with van der Waals surface area (Å²) in [5, 5.41) is 0. The largest absolute Gasteiger partial charge is 0.351 e. The number of halogens is 1.